The molecule has 0 radical (unpaired) electrons. The number of amides is 1. The van der Waals surface area contributed by atoms with E-state index in [1.54, 1.807) is 0 Å². The van der Waals surface area contributed by atoms with Gasteiger partial charge in [0, 0.05) is 19.5 Å². The van der Waals surface area contributed by atoms with Crippen molar-refractivity contribution in [2.75, 3.05) is 19.6 Å². The Morgan fingerprint density at radius 2 is 1.75 bits per heavy atom. The molecular weight excluding hydrogens is 200 g/mol. The van der Waals surface area contributed by atoms with Crippen LogP contribution in [0.3, 0.4) is 0 Å². The molecule has 0 fully saturated rings. The maximum atomic E-state index is 12.1. The van der Waals surface area contributed by atoms with Crippen LogP contribution in [-0.2, 0) is 4.79 Å². The van der Waals surface area contributed by atoms with E-state index in [4.69, 9.17) is 5.73 Å². The lowest BCUT2D eigenvalue weighted by Crippen LogP contribution is -2.35. The second-order valence-electron chi connectivity index (χ2n) is 5.61. The van der Waals surface area contributed by atoms with Crippen molar-refractivity contribution in [3.8, 4) is 0 Å². The highest BCUT2D eigenvalue weighted by Gasteiger charge is 2.20. The highest BCUT2D eigenvalue weighted by Crippen LogP contribution is 2.20. The van der Waals surface area contributed by atoms with Crippen LogP contribution in [-0.4, -0.2) is 30.4 Å². The molecule has 0 aliphatic rings. The zero-order valence-electron chi connectivity index (χ0n) is 11.4. The summed E-state index contributed by atoms with van der Waals surface area (Å²) in [6, 6.07) is 0. The van der Waals surface area contributed by atoms with Crippen LogP contribution < -0.4 is 5.73 Å². The van der Waals surface area contributed by atoms with Crippen LogP contribution in [0.2, 0.25) is 0 Å². The molecule has 0 aliphatic carbocycles. The Morgan fingerprint density at radius 1 is 1.19 bits per heavy atom. The first-order chi connectivity index (χ1) is 7.40. The van der Waals surface area contributed by atoms with Gasteiger partial charge in [-0.2, -0.15) is 0 Å². The van der Waals surface area contributed by atoms with Gasteiger partial charge in [-0.1, -0.05) is 34.1 Å². The summed E-state index contributed by atoms with van der Waals surface area (Å²) in [6.07, 6.45) is 3.74. The number of unbranched alkanes of at least 4 members (excludes halogenated alkanes) is 1. The Hall–Kier alpha value is -0.570. The molecular formula is C13H28N2O. The summed E-state index contributed by atoms with van der Waals surface area (Å²) in [5.41, 5.74) is 5.57. The molecule has 0 aromatic rings. The summed E-state index contributed by atoms with van der Waals surface area (Å²) in [7, 11) is 0. The van der Waals surface area contributed by atoms with E-state index in [9.17, 15) is 4.79 Å². The fraction of sp³-hybridized carbons (Fsp3) is 0.923. The van der Waals surface area contributed by atoms with E-state index in [-0.39, 0.29) is 11.3 Å². The summed E-state index contributed by atoms with van der Waals surface area (Å²) < 4.78 is 0. The normalized spacial score (nSPS) is 11.6. The van der Waals surface area contributed by atoms with Crippen LogP contribution in [0.25, 0.3) is 0 Å². The SMILES string of the molecule is CCCCN(CCCN)C(=O)CC(C)(C)C. The highest BCUT2D eigenvalue weighted by atomic mass is 16.2. The van der Waals surface area contributed by atoms with Crippen molar-refractivity contribution in [3.63, 3.8) is 0 Å². The molecule has 0 unspecified atom stereocenters. The van der Waals surface area contributed by atoms with Gasteiger partial charge < -0.3 is 10.6 Å². The maximum absolute atomic E-state index is 12.1. The number of nitrogens with two attached hydrogens (primary N) is 1. The molecule has 0 atom stereocenters. The van der Waals surface area contributed by atoms with E-state index in [1.807, 2.05) is 4.90 Å². The highest BCUT2D eigenvalue weighted by molar-refractivity contribution is 5.76. The minimum absolute atomic E-state index is 0.0737. The van der Waals surface area contributed by atoms with Gasteiger partial charge >= 0.3 is 0 Å². The summed E-state index contributed by atoms with van der Waals surface area (Å²) in [5, 5.41) is 0. The Morgan fingerprint density at radius 3 is 2.19 bits per heavy atom. The molecule has 0 saturated heterocycles. The quantitative estimate of drug-likeness (QED) is 0.727. The zero-order chi connectivity index (χ0) is 12.6. The van der Waals surface area contributed by atoms with Crippen molar-refractivity contribution in [3.05, 3.63) is 0 Å². The number of rotatable bonds is 7. The largest absolute Gasteiger partial charge is 0.343 e. The molecule has 0 bridgehead atoms. The monoisotopic (exact) mass is 228 g/mol. The summed E-state index contributed by atoms with van der Waals surface area (Å²) in [5.74, 6) is 0.273. The molecule has 0 aromatic heterocycles. The van der Waals surface area contributed by atoms with Crippen LogP contribution in [0, 0.1) is 5.41 Å². The first-order valence-electron chi connectivity index (χ1n) is 6.38. The third kappa shape index (κ3) is 7.69. The number of hydrogen-bond acceptors (Lipinski definition) is 2. The third-order valence-electron chi connectivity index (χ3n) is 2.45. The third-order valence-corrected chi connectivity index (χ3v) is 2.45. The van der Waals surface area contributed by atoms with E-state index >= 15 is 0 Å². The minimum Gasteiger partial charge on any atom is -0.343 e. The van der Waals surface area contributed by atoms with Crippen molar-refractivity contribution < 1.29 is 4.79 Å². The van der Waals surface area contributed by atoms with Crippen LogP contribution in [0.15, 0.2) is 0 Å². The lowest BCUT2D eigenvalue weighted by atomic mass is 9.91. The van der Waals surface area contributed by atoms with Gasteiger partial charge in [-0.05, 0) is 24.8 Å². The molecule has 2 N–H and O–H groups in total. The van der Waals surface area contributed by atoms with Gasteiger partial charge in [0.15, 0.2) is 0 Å². The molecule has 0 heterocycles. The number of carbonyl (C=O) groups excluding carboxylic acids is 1. The molecule has 0 aromatic carbocycles. The van der Waals surface area contributed by atoms with E-state index < -0.39 is 0 Å². The Kier molecular flexibility index (Phi) is 7.39. The standard InChI is InChI=1S/C13H28N2O/c1-5-6-9-15(10-7-8-14)12(16)11-13(2,3)4/h5-11,14H2,1-4H3. The second kappa shape index (κ2) is 7.66. The van der Waals surface area contributed by atoms with Crippen molar-refractivity contribution in [1.29, 1.82) is 0 Å². The van der Waals surface area contributed by atoms with E-state index in [1.165, 1.54) is 0 Å². The van der Waals surface area contributed by atoms with E-state index in [2.05, 4.69) is 27.7 Å². The maximum Gasteiger partial charge on any atom is 0.223 e. The lowest BCUT2D eigenvalue weighted by Gasteiger charge is -2.26. The molecule has 0 spiro atoms. The smallest absolute Gasteiger partial charge is 0.223 e. The van der Waals surface area contributed by atoms with Gasteiger partial charge in [-0.3, -0.25) is 4.79 Å². The van der Waals surface area contributed by atoms with Crippen LogP contribution in [0.1, 0.15) is 53.4 Å². The summed E-state index contributed by atoms with van der Waals surface area (Å²) in [4.78, 5) is 14.0. The molecule has 16 heavy (non-hydrogen) atoms. The Labute approximate surface area is 100 Å². The molecule has 0 rings (SSSR count). The van der Waals surface area contributed by atoms with Crippen LogP contribution in [0.4, 0.5) is 0 Å². The van der Waals surface area contributed by atoms with Crippen molar-refractivity contribution in [2.24, 2.45) is 11.1 Å². The first-order valence-corrected chi connectivity index (χ1v) is 6.38. The molecule has 96 valence electrons. The fourth-order valence-corrected chi connectivity index (χ4v) is 1.56. The average Bonchev–Trinajstić information content (AvgIpc) is 2.15. The summed E-state index contributed by atoms with van der Waals surface area (Å²) in [6.45, 7) is 10.8. The molecule has 3 nitrogen and oxygen atoms in total. The van der Waals surface area contributed by atoms with E-state index in [0.717, 1.165) is 32.4 Å². The van der Waals surface area contributed by atoms with Gasteiger partial charge in [0.05, 0.1) is 0 Å². The zero-order valence-corrected chi connectivity index (χ0v) is 11.4. The predicted molar refractivity (Wildman–Crippen MR) is 69.2 cm³/mol. The van der Waals surface area contributed by atoms with Crippen molar-refractivity contribution in [1.82, 2.24) is 4.90 Å². The lowest BCUT2D eigenvalue weighted by molar-refractivity contribution is -0.133. The van der Waals surface area contributed by atoms with Crippen molar-refractivity contribution >= 4 is 5.91 Å². The van der Waals surface area contributed by atoms with Gasteiger partial charge in [-0.25, -0.2) is 0 Å². The van der Waals surface area contributed by atoms with Crippen LogP contribution in [0.5, 0.6) is 0 Å². The minimum atomic E-state index is 0.0737. The molecule has 0 saturated carbocycles. The molecule has 0 aliphatic heterocycles. The Bertz CT molecular complexity index is 189. The predicted octanol–water partition coefficient (Wildman–Crippen LogP) is 2.40. The number of nitrogens with zero attached hydrogens (tertiary/aromatic N) is 1. The van der Waals surface area contributed by atoms with Gasteiger partial charge in [0.2, 0.25) is 5.91 Å². The average molecular weight is 228 g/mol. The van der Waals surface area contributed by atoms with Crippen LogP contribution >= 0.6 is 0 Å². The summed E-state index contributed by atoms with van der Waals surface area (Å²) >= 11 is 0. The molecule has 3 heteroatoms. The van der Waals surface area contributed by atoms with E-state index in [0.29, 0.717) is 13.0 Å². The topological polar surface area (TPSA) is 46.3 Å². The Balaban J connectivity index is 4.19. The van der Waals surface area contributed by atoms with Gasteiger partial charge in [0.1, 0.15) is 0 Å². The number of carbonyl (C=O) groups is 1. The molecule has 1 amide bonds. The van der Waals surface area contributed by atoms with Crippen molar-refractivity contribution in [2.45, 2.75) is 53.4 Å². The first kappa shape index (κ1) is 15.4. The van der Waals surface area contributed by atoms with Gasteiger partial charge in [0.25, 0.3) is 0 Å². The fourth-order valence-electron chi connectivity index (χ4n) is 1.56. The second-order valence-corrected chi connectivity index (χ2v) is 5.61. The number of hydrogen-bond donors (Lipinski definition) is 1. The van der Waals surface area contributed by atoms with Gasteiger partial charge in [-0.15, -0.1) is 0 Å².